The van der Waals surface area contributed by atoms with E-state index in [0.29, 0.717) is 12.8 Å². The number of Topliss-reactive ketones (excluding diaryl/α,β-unsaturated/α-hetero) is 1. The van der Waals surface area contributed by atoms with Crippen LogP contribution in [-0.2, 0) is 4.79 Å². The average molecular weight is 201 g/mol. The number of allylic oxidation sites excluding steroid dienone is 1. The minimum Gasteiger partial charge on any atom is -0.465 e. The van der Waals surface area contributed by atoms with Gasteiger partial charge in [-0.25, -0.2) is 0 Å². The number of hydrogen-bond donors (Lipinski definition) is 0. The average Bonchev–Trinajstić information content (AvgIpc) is 2.64. The number of ketones is 1. The Morgan fingerprint density at radius 2 is 2.40 bits per heavy atom. The van der Waals surface area contributed by atoms with Gasteiger partial charge < -0.3 is 4.42 Å². The van der Waals surface area contributed by atoms with Gasteiger partial charge in [0.2, 0.25) is 0 Å². The first kappa shape index (κ1) is 9.72. The molecule has 0 bridgehead atoms. The number of hydrogen-bond acceptors (Lipinski definition) is 3. The molecule has 15 heavy (non-hydrogen) atoms. The van der Waals surface area contributed by atoms with Crippen LogP contribution in [0.25, 0.3) is 6.08 Å². The van der Waals surface area contributed by atoms with Crippen LogP contribution in [0.15, 0.2) is 28.4 Å². The maximum absolute atomic E-state index is 11.0. The van der Waals surface area contributed by atoms with Gasteiger partial charge in [-0.1, -0.05) is 0 Å². The molecular weight excluding hydrogens is 190 g/mol. The van der Waals surface area contributed by atoms with Gasteiger partial charge in [-0.3, -0.25) is 4.79 Å². The number of carbonyl (C=O) groups is 1. The molecule has 76 valence electrons. The molecule has 0 radical (unpaired) electrons. The summed E-state index contributed by atoms with van der Waals surface area (Å²) in [4.78, 5) is 11.0. The van der Waals surface area contributed by atoms with Gasteiger partial charge in [0.25, 0.3) is 0 Å². The van der Waals surface area contributed by atoms with Gasteiger partial charge in [0, 0.05) is 12.8 Å². The zero-order valence-corrected chi connectivity index (χ0v) is 8.49. The summed E-state index contributed by atoms with van der Waals surface area (Å²) >= 11 is 0. The lowest BCUT2D eigenvalue weighted by Crippen LogP contribution is -2.37. The normalized spacial score (nSPS) is 19.5. The summed E-state index contributed by atoms with van der Waals surface area (Å²) in [5.41, 5.74) is 0.323. The van der Waals surface area contributed by atoms with Gasteiger partial charge in [-0.15, -0.1) is 0 Å². The minimum absolute atomic E-state index is 0.156. The number of carbonyl (C=O) groups excluding carboxylic acids is 1. The number of nitriles is 1. The molecule has 0 unspecified atom stereocenters. The van der Waals surface area contributed by atoms with Crippen LogP contribution in [0, 0.1) is 16.7 Å². The molecule has 3 nitrogen and oxygen atoms in total. The van der Waals surface area contributed by atoms with Gasteiger partial charge in [0.15, 0.2) is 0 Å². The molecular formula is C12H11NO2. The quantitative estimate of drug-likeness (QED) is 0.738. The smallest absolute Gasteiger partial charge is 0.136 e. The third-order valence-electron chi connectivity index (χ3n) is 2.87. The summed E-state index contributed by atoms with van der Waals surface area (Å²) in [5.74, 6) is 0.880. The minimum atomic E-state index is -0.579. The molecule has 0 amide bonds. The molecule has 0 spiro atoms. The Labute approximate surface area is 88.0 Å². The monoisotopic (exact) mass is 201 g/mol. The van der Waals surface area contributed by atoms with Crippen LogP contribution in [0.2, 0.25) is 0 Å². The second kappa shape index (κ2) is 3.39. The van der Waals surface area contributed by atoms with E-state index in [1.807, 2.05) is 19.1 Å². The Morgan fingerprint density at radius 1 is 1.67 bits per heavy atom. The fraction of sp³-hybridized carbons (Fsp3) is 0.333. The van der Waals surface area contributed by atoms with Gasteiger partial charge in [0.05, 0.1) is 17.7 Å². The molecule has 1 saturated carbocycles. The first-order chi connectivity index (χ1) is 7.16. The van der Waals surface area contributed by atoms with E-state index in [4.69, 9.17) is 9.68 Å². The first-order valence-electron chi connectivity index (χ1n) is 4.81. The summed E-state index contributed by atoms with van der Waals surface area (Å²) in [7, 11) is 0. The van der Waals surface area contributed by atoms with Crippen molar-refractivity contribution >= 4 is 11.9 Å². The van der Waals surface area contributed by atoms with Crippen molar-refractivity contribution in [2.75, 3.05) is 0 Å². The van der Waals surface area contributed by atoms with Crippen LogP contribution in [0.5, 0.6) is 0 Å². The molecule has 0 saturated heterocycles. The highest BCUT2D eigenvalue weighted by Gasteiger charge is 2.45. The summed E-state index contributed by atoms with van der Waals surface area (Å²) < 4.78 is 5.17. The van der Waals surface area contributed by atoms with E-state index in [0.717, 1.165) is 11.3 Å². The Balaban J connectivity index is 2.24. The van der Waals surface area contributed by atoms with Gasteiger partial charge in [-0.05, 0) is 30.7 Å². The largest absolute Gasteiger partial charge is 0.465 e. The predicted molar refractivity (Wildman–Crippen MR) is 54.6 cm³/mol. The first-order valence-corrected chi connectivity index (χ1v) is 4.81. The predicted octanol–water partition coefficient (Wildman–Crippen LogP) is 2.56. The van der Waals surface area contributed by atoms with Crippen LogP contribution in [0.1, 0.15) is 25.5 Å². The molecule has 1 aliphatic carbocycles. The molecule has 2 rings (SSSR count). The molecule has 1 aliphatic rings. The van der Waals surface area contributed by atoms with Crippen molar-refractivity contribution < 1.29 is 9.21 Å². The number of furan rings is 1. The van der Waals surface area contributed by atoms with E-state index < -0.39 is 5.41 Å². The van der Waals surface area contributed by atoms with Crippen molar-refractivity contribution in [3.05, 3.63) is 29.7 Å². The maximum Gasteiger partial charge on any atom is 0.136 e. The SMILES string of the molecule is C/C(=C/c1ccco1)C1(C#N)CC(=O)C1. The molecule has 1 fully saturated rings. The van der Waals surface area contributed by atoms with Crippen LogP contribution < -0.4 is 0 Å². The summed E-state index contributed by atoms with van der Waals surface area (Å²) in [6.07, 6.45) is 4.10. The van der Waals surface area contributed by atoms with Gasteiger partial charge in [-0.2, -0.15) is 5.26 Å². The molecule has 3 heteroatoms. The lowest BCUT2D eigenvalue weighted by Gasteiger charge is -2.34. The van der Waals surface area contributed by atoms with Gasteiger partial charge in [0.1, 0.15) is 11.5 Å². The lowest BCUT2D eigenvalue weighted by atomic mass is 9.64. The van der Waals surface area contributed by atoms with Crippen molar-refractivity contribution in [3.8, 4) is 6.07 Å². The summed E-state index contributed by atoms with van der Waals surface area (Å²) in [6.45, 7) is 1.87. The van der Waals surface area contributed by atoms with E-state index in [1.165, 1.54) is 0 Å². The Hall–Kier alpha value is -1.82. The van der Waals surface area contributed by atoms with Crippen molar-refractivity contribution in [2.24, 2.45) is 5.41 Å². The van der Waals surface area contributed by atoms with E-state index >= 15 is 0 Å². The van der Waals surface area contributed by atoms with E-state index in [2.05, 4.69) is 6.07 Å². The second-order valence-electron chi connectivity index (χ2n) is 3.93. The second-order valence-corrected chi connectivity index (χ2v) is 3.93. The fourth-order valence-corrected chi connectivity index (χ4v) is 1.79. The van der Waals surface area contributed by atoms with Crippen LogP contribution in [-0.4, -0.2) is 5.78 Å². The molecule has 1 aromatic rings. The Morgan fingerprint density at radius 3 is 2.87 bits per heavy atom. The van der Waals surface area contributed by atoms with E-state index in [-0.39, 0.29) is 5.78 Å². The van der Waals surface area contributed by atoms with E-state index in [1.54, 1.807) is 12.3 Å². The highest BCUT2D eigenvalue weighted by molar-refractivity contribution is 5.89. The third kappa shape index (κ3) is 1.59. The highest BCUT2D eigenvalue weighted by Crippen LogP contribution is 2.44. The van der Waals surface area contributed by atoms with Crippen LogP contribution >= 0.6 is 0 Å². The molecule has 1 aromatic heterocycles. The maximum atomic E-state index is 11.0. The molecule has 0 atom stereocenters. The molecule has 0 aromatic carbocycles. The van der Waals surface area contributed by atoms with E-state index in [9.17, 15) is 4.79 Å². The Bertz CT molecular complexity index is 440. The van der Waals surface area contributed by atoms with Gasteiger partial charge >= 0.3 is 0 Å². The van der Waals surface area contributed by atoms with Crippen molar-refractivity contribution in [2.45, 2.75) is 19.8 Å². The topological polar surface area (TPSA) is 54.0 Å². The standard InChI is InChI=1S/C12H11NO2/c1-9(5-11-3-2-4-15-11)12(8-13)6-10(14)7-12/h2-5H,6-7H2,1H3/b9-5-. The zero-order valence-electron chi connectivity index (χ0n) is 8.49. The molecule has 1 heterocycles. The summed E-state index contributed by atoms with van der Waals surface area (Å²) in [5, 5.41) is 9.08. The van der Waals surface area contributed by atoms with Crippen LogP contribution in [0.4, 0.5) is 0 Å². The fourth-order valence-electron chi connectivity index (χ4n) is 1.79. The van der Waals surface area contributed by atoms with Crippen molar-refractivity contribution in [1.82, 2.24) is 0 Å². The van der Waals surface area contributed by atoms with Crippen molar-refractivity contribution in [3.63, 3.8) is 0 Å². The number of nitrogens with zero attached hydrogens (tertiary/aromatic N) is 1. The Kier molecular flexibility index (Phi) is 2.20. The third-order valence-corrected chi connectivity index (χ3v) is 2.87. The molecule has 0 N–H and O–H groups in total. The van der Waals surface area contributed by atoms with Crippen LogP contribution in [0.3, 0.4) is 0 Å². The highest BCUT2D eigenvalue weighted by atomic mass is 16.3. The van der Waals surface area contributed by atoms with Crippen molar-refractivity contribution in [1.29, 1.82) is 5.26 Å². The summed E-state index contributed by atoms with van der Waals surface area (Å²) in [6, 6.07) is 5.85. The zero-order chi connectivity index (χ0) is 10.9. The molecule has 0 aliphatic heterocycles. The lowest BCUT2D eigenvalue weighted by molar-refractivity contribution is -0.128. The number of rotatable bonds is 2.